The molecule has 10 heteroatoms. The van der Waals surface area contributed by atoms with Crippen molar-refractivity contribution in [1.29, 1.82) is 10.5 Å². The fraction of sp³-hybridized carbons (Fsp3) is 0.423. The van der Waals surface area contributed by atoms with Gasteiger partial charge in [0, 0.05) is 49.7 Å². The lowest BCUT2D eigenvalue weighted by Crippen LogP contribution is -2.73. The maximum Gasteiger partial charge on any atom is 0.231 e. The van der Waals surface area contributed by atoms with E-state index in [1.54, 1.807) is 6.07 Å². The molecule has 4 aliphatic rings. The predicted molar refractivity (Wildman–Crippen MR) is 134 cm³/mol. The lowest BCUT2D eigenvalue weighted by molar-refractivity contribution is 0.153. The lowest BCUT2D eigenvalue weighted by Gasteiger charge is -2.60. The van der Waals surface area contributed by atoms with Gasteiger partial charge in [0.15, 0.2) is 5.82 Å². The zero-order valence-corrected chi connectivity index (χ0v) is 20.5. The molecule has 0 unspecified atom stereocenters. The highest BCUT2D eigenvalue weighted by Gasteiger charge is 2.53. The third-order valence-electron chi connectivity index (χ3n) is 7.93. The third-order valence-corrected chi connectivity index (χ3v) is 8.17. The second-order valence-electron chi connectivity index (χ2n) is 10.8. The number of nitrogens with zero attached hydrogens (tertiary/aromatic N) is 9. The number of hydrogen-bond donors (Lipinski definition) is 0. The maximum atomic E-state index is 9.64. The first kappa shape index (κ1) is 21.6. The summed E-state index contributed by atoms with van der Waals surface area (Å²) in [5, 5.41) is 28.7. The van der Waals surface area contributed by atoms with Crippen LogP contribution in [0.4, 0.5) is 11.8 Å². The van der Waals surface area contributed by atoms with E-state index in [2.05, 4.69) is 52.7 Å². The molecule has 7 rings (SSSR count). The molecule has 1 spiro atoms. The van der Waals surface area contributed by atoms with Gasteiger partial charge in [0.25, 0.3) is 0 Å². The van der Waals surface area contributed by atoms with E-state index in [1.165, 1.54) is 0 Å². The van der Waals surface area contributed by atoms with Crippen LogP contribution in [0.15, 0.2) is 36.4 Å². The monoisotopic (exact) mass is 497 g/mol. The molecular weight excluding hydrogens is 474 g/mol. The Hall–Kier alpha value is -3.66. The molecule has 3 fully saturated rings. The number of rotatable bonds is 4. The molecule has 2 saturated heterocycles. The quantitative estimate of drug-likeness (QED) is 0.542. The van der Waals surface area contributed by atoms with Crippen LogP contribution in [0.1, 0.15) is 29.9 Å². The first-order valence-electron chi connectivity index (χ1n) is 12.2. The fourth-order valence-electron chi connectivity index (χ4n) is 5.94. The Labute approximate surface area is 214 Å². The summed E-state index contributed by atoms with van der Waals surface area (Å²) in [5.41, 5.74) is 2.63. The molecule has 180 valence electrons. The van der Waals surface area contributed by atoms with Crippen LogP contribution in [0.5, 0.6) is 0 Å². The van der Waals surface area contributed by atoms with Gasteiger partial charge in [-0.15, -0.1) is 10.2 Å². The summed E-state index contributed by atoms with van der Waals surface area (Å²) in [6.45, 7) is 5.77. The number of benzene rings is 1. The largest absolute Gasteiger partial charge is 0.355 e. The molecule has 3 aliphatic heterocycles. The van der Waals surface area contributed by atoms with Crippen LogP contribution in [0.3, 0.4) is 0 Å². The fourth-order valence-corrected chi connectivity index (χ4v) is 6.14. The Morgan fingerprint density at radius 3 is 2.53 bits per heavy atom. The highest BCUT2D eigenvalue weighted by Crippen LogP contribution is 2.47. The second kappa shape index (κ2) is 7.67. The molecular formula is C26H24ClN9. The van der Waals surface area contributed by atoms with Gasteiger partial charge in [0.1, 0.15) is 17.6 Å². The lowest BCUT2D eigenvalue weighted by atomic mass is 9.73. The third kappa shape index (κ3) is 3.42. The van der Waals surface area contributed by atoms with Crippen LogP contribution in [0.25, 0.3) is 5.69 Å². The molecule has 36 heavy (non-hydrogen) atoms. The SMILES string of the molecule is N#Cc1cccc(N2CC3(C2)CN(c2nnc4n2-c2ccc(Cl)cc2CN(CC2(C#N)CC2)C4)C3)n1. The molecule has 1 aromatic carbocycles. The number of hydrogen-bond acceptors (Lipinski definition) is 8. The Bertz CT molecular complexity index is 1450. The highest BCUT2D eigenvalue weighted by molar-refractivity contribution is 6.30. The van der Waals surface area contributed by atoms with E-state index in [-0.39, 0.29) is 10.8 Å². The van der Waals surface area contributed by atoms with E-state index in [1.807, 2.05) is 24.3 Å². The first-order valence-corrected chi connectivity index (χ1v) is 12.6. The summed E-state index contributed by atoms with van der Waals surface area (Å²) in [6, 6.07) is 16.2. The van der Waals surface area contributed by atoms with Crippen molar-refractivity contribution in [2.45, 2.75) is 25.9 Å². The minimum atomic E-state index is -0.224. The summed E-state index contributed by atoms with van der Waals surface area (Å²) < 4.78 is 2.18. The number of nitriles is 2. The standard InChI is InChI=1S/C26H24ClN9/c27-19-4-5-21-18(8-19)10-33(13-25(12-29)6-7-25)11-23-31-32-24(36(21)23)35-16-26(17-35)14-34(15-26)22-3-1-2-20(9-28)30-22/h1-5,8H,6-7,10-11,13-17H2. The molecule has 0 radical (unpaired) electrons. The summed E-state index contributed by atoms with van der Waals surface area (Å²) in [4.78, 5) is 11.3. The Kier molecular flexibility index (Phi) is 4.60. The van der Waals surface area contributed by atoms with Crippen molar-refractivity contribution in [2.75, 3.05) is 42.5 Å². The zero-order valence-electron chi connectivity index (χ0n) is 19.7. The highest BCUT2D eigenvalue weighted by atomic mass is 35.5. The van der Waals surface area contributed by atoms with Gasteiger partial charge in [-0.2, -0.15) is 10.5 Å². The van der Waals surface area contributed by atoms with Gasteiger partial charge >= 0.3 is 0 Å². The molecule has 0 atom stereocenters. The zero-order chi connectivity index (χ0) is 24.5. The Balaban J connectivity index is 1.13. The minimum absolute atomic E-state index is 0.210. The molecule has 0 bridgehead atoms. The normalized spacial score (nSPS) is 20.9. The predicted octanol–water partition coefficient (Wildman–Crippen LogP) is 3.13. The Morgan fingerprint density at radius 2 is 1.78 bits per heavy atom. The van der Waals surface area contributed by atoms with E-state index in [0.717, 1.165) is 81.0 Å². The number of pyridine rings is 1. The number of halogens is 1. The number of anilines is 2. The van der Waals surface area contributed by atoms with Crippen LogP contribution in [-0.4, -0.2) is 57.4 Å². The van der Waals surface area contributed by atoms with Gasteiger partial charge in [-0.25, -0.2) is 4.98 Å². The van der Waals surface area contributed by atoms with Gasteiger partial charge < -0.3 is 9.80 Å². The summed E-state index contributed by atoms with van der Waals surface area (Å²) in [5.74, 6) is 2.63. The first-order chi connectivity index (χ1) is 17.5. The molecule has 0 N–H and O–H groups in total. The van der Waals surface area contributed by atoms with Crippen molar-refractivity contribution in [1.82, 2.24) is 24.6 Å². The maximum absolute atomic E-state index is 9.64. The van der Waals surface area contributed by atoms with E-state index in [9.17, 15) is 5.26 Å². The topological polar surface area (TPSA) is 101 Å². The van der Waals surface area contributed by atoms with Crippen LogP contribution >= 0.6 is 11.6 Å². The van der Waals surface area contributed by atoms with Crippen LogP contribution in [0, 0.1) is 33.5 Å². The van der Waals surface area contributed by atoms with Crippen LogP contribution in [0.2, 0.25) is 5.02 Å². The van der Waals surface area contributed by atoms with Gasteiger partial charge in [-0.1, -0.05) is 17.7 Å². The van der Waals surface area contributed by atoms with E-state index >= 15 is 0 Å². The average molecular weight is 498 g/mol. The average Bonchev–Trinajstić information content (AvgIpc) is 3.52. The molecule has 3 aromatic rings. The van der Waals surface area contributed by atoms with Crippen molar-refractivity contribution in [3.63, 3.8) is 0 Å². The van der Waals surface area contributed by atoms with Crippen LogP contribution < -0.4 is 9.80 Å². The van der Waals surface area contributed by atoms with Crippen molar-refractivity contribution < 1.29 is 0 Å². The molecule has 1 saturated carbocycles. The summed E-state index contributed by atoms with van der Waals surface area (Å²) in [7, 11) is 0. The van der Waals surface area contributed by atoms with E-state index in [4.69, 9.17) is 16.9 Å². The minimum Gasteiger partial charge on any atom is -0.355 e. The molecule has 1 aliphatic carbocycles. The van der Waals surface area contributed by atoms with Crippen LogP contribution in [-0.2, 0) is 13.1 Å². The molecule has 5 heterocycles. The summed E-state index contributed by atoms with van der Waals surface area (Å²) >= 11 is 6.39. The van der Waals surface area contributed by atoms with Crippen molar-refractivity contribution in [2.24, 2.45) is 10.8 Å². The molecule has 9 nitrogen and oxygen atoms in total. The van der Waals surface area contributed by atoms with Crippen molar-refractivity contribution in [3.8, 4) is 17.8 Å². The van der Waals surface area contributed by atoms with Crippen molar-refractivity contribution in [3.05, 3.63) is 58.5 Å². The Morgan fingerprint density at radius 1 is 0.972 bits per heavy atom. The molecule has 0 amide bonds. The van der Waals surface area contributed by atoms with E-state index < -0.39 is 0 Å². The number of fused-ring (bicyclic) bond motifs is 3. The van der Waals surface area contributed by atoms with E-state index in [0.29, 0.717) is 17.3 Å². The van der Waals surface area contributed by atoms with Gasteiger partial charge in [-0.05, 0) is 48.7 Å². The van der Waals surface area contributed by atoms with Crippen molar-refractivity contribution >= 4 is 23.4 Å². The molecule has 2 aromatic heterocycles. The smallest absolute Gasteiger partial charge is 0.231 e. The summed E-state index contributed by atoms with van der Waals surface area (Å²) in [6.07, 6.45) is 1.92. The second-order valence-corrected chi connectivity index (χ2v) is 11.2. The van der Waals surface area contributed by atoms with Gasteiger partial charge in [-0.3, -0.25) is 9.47 Å². The van der Waals surface area contributed by atoms with Gasteiger partial charge in [0.05, 0.1) is 23.7 Å². The van der Waals surface area contributed by atoms with Gasteiger partial charge in [0.2, 0.25) is 5.95 Å². The number of aromatic nitrogens is 4.